The highest BCUT2D eigenvalue weighted by molar-refractivity contribution is 8.00. The first-order valence-electron chi connectivity index (χ1n) is 5.98. The molecule has 92 valence electrons. The molecule has 2 rings (SSSR count). The monoisotopic (exact) mass is 244 g/mol. The number of hydrogen-bond donors (Lipinski definition) is 3. The lowest BCUT2D eigenvalue weighted by atomic mass is 10.0. The van der Waals surface area contributed by atoms with Gasteiger partial charge in [0, 0.05) is 29.5 Å². The number of carbonyl (C=O) groups is 1. The van der Waals surface area contributed by atoms with E-state index < -0.39 is 6.35 Å². The van der Waals surface area contributed by atoms with Gasteiger partial charge in [-0.2, -0.15) is 11.8 Å². The first-order chi connectivity index (χ1) is 7.66. The average molecular weight is 244 g/mol. The Morgan fingerprint density at radius 1 is 1.44 bits per heavy atom. The molecule has 3 unspecified atom stereocenters. The van der Waals surface area contributed by atoms with E-state index in [9.17, 15) is 9.90 Å². The van der Waals surface area contributed by atoms with Crippen molar-refractivity contribution in [1.82, 2.24) is 10.6 Å². The van der Waals surface area contributed by atoms with Gasteiger partial charge in [-0.25, -0.2) is 0 Å². The Balaban J connectivity index is 1.68. The zero-order valence-electron chi connectivity index (χ0n) is 9.61. The third-order valence-electron chi connectivity index (χ3n) is 3.31. The van der Waals surface area contributed by atoms with E-state index in [0.29, 0.717) is 23.8 Å². The second kappa shape index (κ2) is 5.49. The number of fused-ring (bicyclic) bond motifs is 1. The summed E-state index contributed by atoms with van der Waals surface area (Å²) in [5.41, 5.74) is 0. The summed E-state index contributed by atoms with van der Waals surface area (Å²) in [5.74, 6) is 1.36. The second-order valence-electron chi connectivity index (χ2n) is 4.69. The highest BCUT2D eigenvalue weighted by Gasteiger charge is 2.42. The molecule has 2 fully saturated rings. The smallest absolute Gasteiger partial charge is 0.161 e. The zero-order valence-corrected chi connectivity index (χ0v) is 10.4. The Hall–Kier alpha value is -0.100. The molecule has 4 nitrogen and oxygen atoms in total. The molecule has 0 bridgehead atoms. The molecule has 3 N–H and O–H groups in total. The van der Waals surface area contributed by atoms with Crippen molar-refractivity contribution >= 4 is 17.5 Å². The summed E-state index contributed by atoms with van der Waals surface area (Å²) in [6, 6.07) is 0.815. The lowest BCUT2D eigenvalue weighted by Crippen LogP contribution is -2.37. The van der Waals surface area contributed by atoms with Gasteiger partial charge < -0.3 is 9.90 Å². The van der Waals surface area contributed by atoms with Crippen LogP contribution in [0, 0.1) is 0 Å². The van der Waals surface area contributed by atoms with E-state index in [1.54, 1.807) is 6.92 Å². The number of hydrogen-bond acceptors (Lipinski definition) is 5. The summed E-state index contributed by atoms with van der Waals surface area (Å²) in [5, 5.41) is 16.3. The van der Waals surface area contributed by atoms with Crippen LogP contribution < -0.4 is 10.6 Å². The van der Waals surface area contributed by atoms with Crippen LogP contribution >= 0.6 is 11.8 Å². The molecule has 0 aliphatic carbocycles. The van der Waals surface area contributed by atoms with Gasteiger partial charge in [-0.05, 0) is 19.8 Å². The van der Waals surface area contributed by atoms with Crippen LogP contribution in [-0.2, 0) is 4.79 Å². The van der Waals surface area contributed by atoms with Crippen molar-refractivity contribution < 1.29 is 9.90 Å². The number of aliphatic hydroxyl groups excluding tert-OH is 1. The fourth-order valence-corrected chi connectivity index (χ4v) is 4.05. The first kappa shape index (κ1) is 12.4. The van der Waals surface area contributed by atoms with Crippen molar-refractivity contribution in [2.24, 2.45) is 0 Å². The van der Waals surface area contributed by atoms with Crippen molar-refractivity contribution in [3.63, 3.8) is 0 Å². The molecule has 0 radical (unpaired) electrons. The maximum Gasteiger partial charge on any atom is 0.161 e. The molecule has 0 spiro atoms. The zero-order chi connectivity index (χ0) is 11.5. The number of ketones is 1. The summed E-state index contributed by atoms with van der Waals surface area (Å²) in [4.78, 5) is 10.8. The molecule has 2 saturated heterocycles. The summed E-state index contributed by atoms with van der Waals surface area (Å²) in [6.07, 6.45) is 3.42. The van der Waals surface area contributed by atoms with Gasteiger partial charge in [0.25, 0.3) is 0 Å². The molecule has 2 aliphatic rings. The fourth-order valence-electron chi connectivity index (χ4n) is 2.48. The molecule has 0 aromatic heterocycles. The molecular formula is C11H20N2O2S. The Kier molecular flexibility index (Phi) is 4.24. The third kappa shape index (κ3) is 2.97. The summed E-state index contributed by atoms with van der Waals surface area (Å²) >= 11 is 1.97. The Morgan fingerprint density at radius 3 is 3.00 bits per heavy atom. The molecule has 5 heteroatoms. The van der Waals surface area contributed by atoms with Crippen LogP contribution in [0.15, 0.2) is 0 Å². The lowest BCUT2D eigenvalue weighted by molar-refractivity contribution is -0.117. The van der Waals surface area contributed by atoms with Crippen molar-refractivity contribution in [1.29, 1.82) is 0 Å². The van der Waals surface area contributed by atoms with Gasteiger partial charge in [0.2, 0.25) is 0 Å². The van der Waals surface area contributed by atoms with Crippen LogP contribution in [0.3, 0.4) is 0 Å². The third-order valence-corrected chi connectivity index (χ3v) is 4.82. The Labute approximate surface area is 101 Å². The predicted molar refractivity (Wildman–Crippen MR) is 65.2 cm³/mol. The van der Waals surface area contributed by atoms with Crippen molar-refractivity contribution in [3.05, 3.63) is 0 Å². The van der Waals surface area contributed by atoms with Gasteiger partial charge in [-0.3, -0.25) is 10.6 Å². The summed E-state index contributed by atoms with van der Waals surface area (Å²) in [6.45, 7) is 1.65. The van der Waals surface area contributed by atoms with Gasteiger partial charge in [-0.1, -0.05) is 6.42 Å². The van der Waals surface area contributed by atoms with Crippen LogP contribution in [0.4, 0.5) is 0 Å². The van der Waals surface area contributed by atoms with Gasteiger partial charge in [0.05, 0.1) is 0 Å². The van der Waals surface area contributed by atoms with Crippen LogP contribution in [-0.4, -0.2) is 40.3 Å². The molecule has 2 aliphatic heterocycles. The van der Waals surface area contributed by atoms with E-state index in [2.05, 4.69) is 10.6 Å². The largest absolute Gasteiger partial charge is 0.365 e. The SMILES string of the molecule is CC(=O)CCCC[C@@H]1SCC2NC(O)NC21. The fraction of sp³-hybridized carbons (Fsp3) is 0.909. The number of rotatable bonds is 5. The number of unbranched alkanes of at least 4 members (excludes halogenated alkanes) is 1. The predicted octanol–water partition coefficient (Wildman–Crippen LogP) is 0.457. The maximum atomic E-state index is 10.8. The van der Waals surface area contributed by atoms with Gasteiger partial charge in [-0.15, -0.1) is 0 Å². The lowest BCUT2D eigenvalue weighted by Gasteiger charge is -2.17. The van der Waals surface area contributed by atoms with Crippen LogP contribution in [0.5, 0.6) is 0 Å². The van der Waals surface area contributed by atoms with E-state index >= 15 is 0 Å². The number of thioether (sulfide) groups is 1. The van der Waals surface area contributed by atoms with Crippen molar-refractivity contribution in [2.45, 2.75) is 56.3 Å². The Morgan fingerprint density at radius 2 is 2.25 bits per heavy atom. The molecule has 0 amide bonds. The molecule has 2 heterocycles. The quantitative estimate of drug-likeness (QED) is 0.613. The maximum absolute atomic E-state index is 10.8. The van der Waals surface area contributed by atoms with E-state index in [-0.39, 0.29) is 5.78 Å². The van der Waals surface area contributed by atoms with E-state index in [1.807, 2.05) is 11.8 Å². The molecule has 0 aromatic rings. The van der Waals surface area contributed by atoms with Crippen LogP contribution in [0.25, 0.3) is 0 Å². The van der Waals surface area contributed by atoms with Gasteiger partial charge >= 0.3 is 0 Å². The van der Waals surface area contributed by atoms with Crippen molar-refractivity contribution in [3.8, 4) is 0 Å². The number of nitrogens with one attached hydrogen (secondary N) is 2. The normalized spacial score (nSPS) is 37.6. The van der Waals surface area contributed by atoms with E-state index in [0.717, 1.165) is 25.0 Å². The molecule has 0 saturated carbocycles. The van der Waals surface area contributed by atoms with Gasteiger partial charge in [0.1, 0.15) is 5.78 Å². The number of Topliss-reactive ketones (excluding diaryl/α,β-unsaturated/α-hetero) is 1. The van der Waals surface area contributed by atoms with Crippen molar-refractivity contribution in [2.75, 3.05) is 5.75 Å². The summed E-state index contributed by atoms with van der Waals surface area (Å²) in [7, 11) is 0. The van der Waals surface area contributed by atoms with Crippen LogP contribution in [0.1, 0.15) is 32.6 Å². The first-order valence-corrected chi connectivity index (χ1v) is 7.03. The van der Waals surface area contributed by atoms with E-state index in [4.69, 9.17) is 0 Å². The topological polar surface area (TPSA) is 61.4 Å². The minimum atomic E-state index is -0.532. The summed E-state index contributed by atoms with van der Waals surface area (Å²) < 4.78 is 0. The minimum Gasteiger partial charge on any atom is -0.365 e. The van der Waals surface area contributed by atoms with Gasteiger partial charge in [0.15, 0.2) is 6.35 Å². The number of aliphatic hydroxyl groups is 1. The molecule has 4 atom stereocenters. The average Bonchev–Trinajstić information content (AvgIpc) is 2.72. The molecular weight excluding hydrogens is 224 g/mol. The second-order valence-corrected chi connectivity index (χ2v) is 5.96. The highest BCUT2D eigenvalue weighted by Crippen LogP contribution is 2.33. The molecule has 0 aromatic carbocycles. The minimum absolute atomic E-state index is 0.285. The number of carbonyl (C=O) groups excluding carboxylic acids is 1. The molecule has 16 heavy (non-hydrogen) atoms. The highest BCUT2D eigenvalue weighted by atomic mass is 32.2. The van der Waals surface area contributed by atoms with E-state index in [1.165, 1.54) is 0 Å². The van der Waals surface area contributed by atoms with Crippen LogP contribution in [0.2, 0.25) is 0 Å². The Bertz CT molecular complexity index is 262. The standard InChI is InChI=1S/C11H20N2O2S/c1-7(14)4-2-3-5-9-10-8(6-16-9)12-11(15)13-10/h8-13,15H,2-6H2,1H3/t8?,9-,10?,11?/m0/s1.